The lowest BCUT2D eigenvalue weighted by Gasteiger charge is -2.13. The van der Waals surface area contributed by atoms with E-state index in [4.69, 9.17) is 0 Å². The van der Waals surface area contributed by atoms with E-state index in [2.05, 4.69) is 10.4 Å². The van der Waals surface area contributed by atoms with E-state index in [-0.39, 0.29) is 12.5 Å². The van der Waals surface area contributed by atoms with Gasteiger partial charge in [0.2, 0.25) is 5.91 Å². The molecule has 2 rings (SSSR count). The number of anilines is 1. The second-order valence-electron chi connectivity index (χ2n) is 4.66. The number of aryl methyl sites for hydroxylation is 1. The Morgan fingerprint density at radius 3 is 2.82 bits per heavy atom. The Morgan fingerprint density at radius 1 is 1.41 bits per heavy atom. The molecule has 1 amide bonds. The quantitative estimate of drug-likeness (QED) is 0.854. The van der Waals surface area contributed by atoms with Crippen LogP contribution >= 0.6 is 11.8 Å². The highest BCUT2D eigenvalue weighted by atomic mass is 32.2. The second kappa shape index (κ2) is 6.87. The molecule has 1 aromatic carbocycles. The van der Waals surface area contributed by atoms with Crippen molar-refractivity contribution in [2.75, 3.05) is 11.1 Å². The predicted octanol–water partition coefficient (Wildman–Crippen LogP) is 3.48. The highest BCUT2D eigenvalue weighted by Crippen LogP contribution is 2.32. The van der Waals surface area contributed by atoms with Crippen LogP contribution in [0.5, 0.6) is 0 Å². The molecule has 0 saturated heterocycles. The molecule has 0 aliphatic heterocycles. The SMILES string of the molecule is Cc1ccc(SCC(F)(F)F)c(NC(=O)Cn2cccn2)c1. The minimum absolute atomic E-state index is 0.00429. The third-order valence-corrected chi connectivity index (χ3v) is 3.80. The number of carbonyl (C=O) groups is 1. The van der Waals surface area contributed by atoms with Crippen molar-refractivity contribution in [2.45, 2.75) is 24.5 Å². The van der Waals surface area contributed by atoms with E-state index in [1.165, 1.54) is 4.68 Å². The van der Waals surface area contributed by atoms with E-state index < -0.39 is 11.9 Å². The molecule has 0 bridgehead atoms. The Balaban J connectivity index is 2.08. The summed E-state index contributed by atoms with van der Waals surface area (Å²) in [6, 6.07) is 6.63. The molecular formula is C14H14F3N3OS. The monoisotopic (exact) mass is 329 g/mol. The highest BCUT2D eigenvalue weighted by molar-refractivity contribution is 7.99. The van der Waals surface area contributed by atoms with Gasteiger partial charge in [0.25, 0.3) is 0 Å². The maximum atomic E-state index is 12.3. The zero-order valence-corrected chi connectivity index (χ0v) is 12.5. The summed E-state index contributed by atoms with van der Waals surface area (Å²) in [6.45, 7) is 1.81. The summed E-state index contributed by atoms with van der Waals surface area (Å²) in [5.41, 5.74) is 1.23. The zero-order chi connectivity index (χ0) is 16.2. The lowest BCUT2D eigenvalue weighted by Crippen LogP contribution is -2.19. The predicted molar refractivity (Wildman–Crippen MR) is 78.8 cm³/mol. The first-order valence-corrected chi connectivity index (χ1v) is 7.39. The fourth-order valence-corrected chi connectivity index (χ4v) is 2.51. The van der Waals surface area contributed by atoms with Gasteiger partial charge in [0.1, 0.15) is 6.54 Å². The number of nitrogens with zero attached hydrogens (tertiary/aromatic N) is 2. The molecule has 4 nitrogen and oxygen atoms in total. The molecule has 22 heavy (non-hydrogen) atoms. The van der Waals surface area contributed by atoms with Gasteiger partial charge in [0, 0.05) is 17.3 Å². The molecule has 0 fully saturated rings. The lowest BCUT2D eigenvalue weighted by molar-refractivity contribution is -0.117. The van der Waals surface area contributed by atoms with Crippen LogP contribution in [0.25, 0.3) is 0 Å². The number of halogens is 3. The number of benzene rings is 1. The van der Waals surface area contributed by atoms with Crippen LogP contribution in [0.15, 0.2) is 41.6 Å². The van der Waals surface area contributed by atoms with Gasteiger partial charge < -0.3 is 5.32 Å². The molecule has 2 aromatic rings. The van der Waals surface area contributed by atoms with Crippen LogP contribution in [0.1, 0.15) is 5.56 Å². The Kier molecular flexibility index (Phi) is 5.12. The van der Waals surface area contributed by atoms with E-state index in [9.17, 15) is 18.0 Å². The molecule has 0 radical (unpaired) electrons. The average molecular weight is 329 g/mol. The van der Waals surface area contributed by atoms with Gasteiger partial charge in [0.15, 0.2) is 0 Å². The van der Waals surface area contributed by atoms with E-state index in [0.29, 0.717) is 22.3 Å². The van der Waals surface area contributed by atoms with Gasteiger partial charge in [-0.25, -0.2) is 0 Å². The average Bonchev–Trinajstić information content (AvgIpc) is 2.89. The van der Waals surface area contributed by atoms with Crippen LogP contribution < -0.4 is 5.32 Å². The molecule has 0 aliphatic rings. The first kappa shape index (κ1) is 16.4. The number of alkyl halides is 3. The molecule has 1 aromatic heterocycles. The highest BCUT2D eigenvalue weighted by Gasteiger charge is 2.27. The number of hydrogen-bond acceptors (Lipinski definition) is 3. The molecule has 1 N–H and O–H groups in total. The standard InChI is InChI=1S/C14H14F3N3OS/c1-10-3-4-12(22-9-14(15,16)17)11(7-10)19-13(21)8-20-6-2-5-18-20/h2-7H,8-9H2,1H3,(H,19,21). The number of amides is 1. The van der Waals surface area contributed by atoms with Gasteiger partial charge >= 0.3 is 6.18 Å². The van der Waals surface area contributed by atoms with Gasteiger partial charge in [-0.2, -0.15) is 18.3 Å². The molecule has 0 unspecified atom stereocenters. The van der Waals surface area contributed by atoms with Crippen molar-refractivity contribution in [1.29, 1.82) is 0 Å². The molecule has 0 saturated carbocycles. The number of carbonyl (C=O) groups excluding carboxylic acids is 1. The molecule has 0 aliphatic carbocycles. The molecule has 1 heterocycles. The number of hydrogen-bond donors (Lipinski definition) is 1. The summed E-state index contributed by atoms with van der Waals surface area (Å²) < 4.78 is 38.5. The number of thioether (sulfide) groups is 1. The Labute approximate surface area is 129 Å². The summed E-state index contributed by atoms with van der Waals surface area (Å²) >= 11 is 0.650. The zero-order valence-electron chi connectivity index (χ0n) is 11.7. The lowest BCUT2D eigenvalue weighted by atomic mass is 10.2. The van der Waals surface area contributed by atoms with Crippen LogP contribution in [0.3, 0.4) is 0 Å². The van der Waals surface area contributed by atoms with Crippen molar-refractivity contribution in [1.82, 2.24) is 9.78 Å². The molecule has 0 atom stereocenters. The van der Waals surface area contributed by atoms with E-state index in [1.54, 1.807) is 43.6 Å². The fraction of sp³-hybridized carbons (Fsp3) is 0.286. The number of rotatable bonds is 5. The Bertz CT molecular complexity index is 641. The van der Waals surface area contributed by atoms with Crippen molar-refractivity contribution >= 4 is 23.4 Å². The van der Waals surface area contributed by atoms with Gasteiger partial charge in [0.05, 0.1) is 11.4 Å². The van der Waals surface area contributed by atoms with Crippen molar-refractivity contribution in [3.05, 3.63) is 42.2 Å². The van der Waals surface area contributed by atoms with Gasteiger partial charge in [-0.05, 0) is 30.7 Å². The van der Waals surface area contributed by atoms with Gasteiger partial charge in [-0.3, -0.25) is 9.48 Å². The van der Waals surface area contributed by atoms with Crippen molar-refractivity contribution in [2.24, 2.45) is 0 Å². The molecule has 118 valence electrons. The normalized spacial score (nSPS) is 11.5. The van der Waals surface area contributed by atoms with Gasteiger partial charge in [-0.15, -0.1) is 11.8 Å². The summed E-state index contributed by atoms with van der Waals surface area (Å²) in [6.07, 6.45) is -1.08. The summed E-state index contributed by atoms with van der Waals surface area (Å²) in [5, 5.41) is 6.55. The third kappa shape index (κ3) is 5.10. The van der Waals surface area contributed by atoms with Crippen LogP contribution in [0.4, 0.5) is 18.9 Å². The summed E-state index contributed by atoms with van der Waals surface area (Å²) in [7, 11) is 0. The van der Waals surface area contributed by atoms with Crippen LogP contribution in [-0.2, 0) is 11.3 Å². The Hall–Kier alpha value is -1.96. The first-order chi connectivity index (χ1) is 10.3. The van der Waals surface area contributed by atoms with E-state index in [1.807, 2.05) is 0 Å². The smallest absolute Gasteiger partial charge is 0.323 e. The maximum Gasteiger partial charge on any atom is 0.398 e. The summed E-state index contributed by atoms with van der Waals surface area (Å²) in [4.78, 5) is 12.3. The van der Waals surface area contributed by atoms with Crippen molar-refractivity contribution < 1.29 is 18.0 Å². The van der Waals surface area contributed by atoms with E-state index in [0.717, 1.165) is 5.56 Å². The first-order valence-electron chi connectivity index (χ1n) is 6.41. The second-order valence-corrected chi connectivity index (χ2v) is 5.67. The van der Waals surface area contributed by atoms with E-state index >= 15 is 0 Å². The topological polar surface area (TPSA) is 46.9 Å². The van der Waals surface area contributed by atoms with Crippen LogP contribution in [0.2, 0.25) is 0 Å². The Morgan fingerprint density at radius 2 is 2.18 bits per heavy atom. The summed E-state index contributed by atoms with van der Waals surface area (Å²) in [5.74, 6) is -1.35. The van der Waals surface area contributed by atoms with Crippen LogP contribution in [0, 0.1) is 6.92 Å². The van der Waals surface area contributed by atoms with Crippen LogP contribution in [-0.4, -0.2) is 27.6 Å². The number of nitrogens with one attached hydrogen (secondary N) is 1. The molecule has 8 heteroatoms. The van der Waals surface area contributed by atoms with Crippen molar-refractivity contribution in [3.8, 4) is 0 Å². The molecule has 0 spiro atoms. The minimum atomic E-state index is -4.26. The van der Waals surface area contributed by atoms with Gasteiger partial charge in [-0.1, -0.05) is 6.07 Å². The fourth-order valence-electron chi connectivity index (χ4n) is 1.76. The number of aromatic nitrogens is 2. The maximum absolute atomic E-state index is 12.3. The third-order valence-electron chi connectivity index (χ3n) is 2.67. The molecular weight excluding hydrogens is 315 g/mol. The van der Waals surface area contributed by atoms with Crippen molar-refractivity contribution in [3.63, 3.8) is 0 Å². The minimum Gasteiger partial charge on any atom is -0.323 e. The largest absolute Gasteiger partial charge is 0.398 e.